The largest absolute Gasteiger partial charge is 0.368 e. The summed E-state index contributed by atoms with van der Waals surface area (Å²) in [5.74, 6) is 2.19. The van der Waals surface area contributed by atoms with E-state index < -0.39 is 0 Å². The number of anilines is 3. The lowest BCUT2D eigenvalue weighted by atomic mass is 9.99. The Kier molecular flexibility index (Phi) is 4.93. The SMILES string of the molecule is CC1CCN(Cc2nc(N)nc(Nc3ccc(Cl)cc3)n2)CC1. The Bertz CT molecular complexity index is 652. The molecule has 0 aliphatic carbocycles. The second-order valence-electron chi connectivity index (χ2n) is 6.02. The molecule has 0 saturated carbocycles. The van der Waals surface area contributed by atoms with Crippen LogP contribution < -0.4 is 11.1 Å². The zero-order valence-corrected chi connectivity index (χ0v) is 13.9. The van der Waals surface area contributed by atoms with Crippen LogP contribution in [-0.2, 0) is 6.54 Å². The summed E-state index contributed by atoms with van der Waals surface area (Å²) in [6.07, 6.45) is 2.44. The molecule has 122 valence electrons. The molecule has 1 saturated heterocycles. The highest BCUT2D eigenvalue weighted by Crippen LogP contribution is 2.19. The van der Waals surface area contributed by atoms with E-state index in [4.69, 9.17) is 17.3 Å². The van der Waals surface area contributed by atoms with Gasteiger partial charge >= 0.3 is 0 Å². The summed E-state index contributed by atoms with van der Waals surface area (Å²) in [7, 11) is 0. The molecule has 0 radical (unpaired) electrons. The summed E-state index contributed by atoms with van der Waals surface area (Å²) in [6, 6.07) is 7.36. The fourth-order valence-corrected chi connectivity index (χ4v) is 2.77. The summed E-state index contributed by atoms with van der Waals surface area (Å²) in [6.45, 7) is 5.15. The Morgan fingerprint density at radius 2 is 1.87 bits per heavy atom. The first-order chi connectivity index (χ1) is 11.1. The first-order valence-electron chi connectivity index (χ1n) is 7.84. The normalized spacial score (nSPS) is 16.4. The van der Waals surface area contributed by atoms with Gasteiger partial charge in [0.15, 0.2) is 0 Å². The molecule has 1 fully saturated rings. The molecule has 6 nitrogen and oxygen atoms in total. The van der Waals surface area contributed by atoms with Crippen LogP contribution in [0.4, 0.5) is 17.6 Å². The minimum absolute atomic E-state index is 0.233. The van der Waals surface area contributed by atoms with Gasteiger partial charge in [0, 0.05) is 10.7 Å². The third-order valence-corrected chi connectivity index (χ3v) is 4.29. The molecular weight excluding hydrogens is 312 g/mol. The number of hydrogen-bond acceptors (Lipinski definition) is 6. The number of aromatic nitrogens is 3. The molecule has 3 rings (SSSR count). The summed E-state index contributed by atoms with van der Waals surface area (Å²) in [5.41, 5.74) is 6.68. The fraction of sp³-hybridized carbons (Fsp3) is 0.438. The van der Waals surface area contributed by atoms with E-state index in [0.717, 1.165) is 24.7 Å². The molecule has 0 spiro atoms. The van der Waals surface area contributed by atoms with E-state index in [1.54, 1.807) is 0 Å². The molecule has 2 aromatic rings. The van der Waals surface area contributed by atoms with E-state index in [0.29, 0.717) is 23.3 Å². The number of nitrogens with two attached hydrogens (primary N) is 1. The van der Waals surface area contributed by atoms with Gasteiger partial charge in [0.05, 0.1) is 6.54 Å². The van der Waals surface area contributed by atoms with E-state index in [1.165, 1.54) is 12.8 Å². The molecule has 1 aromatic heterocycles. The van der Waals surface area contributed by atoms with Gasteiger partial charge in [-0.2, -0.15) is 15.0 Å². The van der Waals surface area contributed by atoms with Gasteiger partial charge in [-0.3, -0.25) is 4.90 Å². The third-order valence-electron chi connectivity index (χ3n) is 4.04. The first-order valence-corrected chi connectivity index (χ1v) is 8.21. The average molecular weight is 333 g/mol. The minimum Gasteiger partial charge on any atom is -0.368 e. The smallest absolute Gasteiger partial charge is 0.232 e. The van der Waals surface area contributed by atoms with Crippen molar-refractivity contribution in [1.29, 1.82) is 0 Å². The highest BCUT2D eigenvalue weighted by atomic mass is 35.5. The fourth-order valence-electron chi connectivity index (χ4n) is 2.65. The maximum Gasteiger partial charge on any atom is 0.232 e. The van der Waals surface area contributed by atoms with E-state index in [-0.39, 0.29) is 5.95 Å². The number of benzene rings is 1. The molecule has 1 aromatic carbocycles. The van der Waals surface area contributed by atoms with Gasteiger partial charge in [0.2, 0.25) is 11.9 Å². The Morgan fingerprint density at radius 1 is 1.17 bits per heavy atom. The number of likely N-dealkylation sites (tertiary alicyclic amines) is 1. The Morgan fingerprint density at radius 3 is 2.57 bits per heavy atom. The van der Waals surface area contributed by atoms with Gasteiger partial charge in [-0.1, -0.05) is 18.5 Å². The standard InChI is InChI=1S/C16H21ClN6/c1-11-6-8-23(9-7-11)10-14-20-15(18)22-16(21-14)19-13-4-2-12(17)3-5-13/h2-5,11H,6-10H2,1H3,(H3,18,19,20,21,22). The van der Waals surface area contributed by atoms with Gasteiger partial charge in [-0.15, -0.1) is 0 Å². The maximum atomic E-state index is 5.89. The van der Waals surface area contributed by atoms with Crippen molar-refractivity contribution >= 4 is 29.2 Å². The Labute approximate surface area is 141 Å². The summed E-state index contributed by atoms with van der Waals surface area (Å²) >= 11 is 5.89. The Balaban J connectivity index is 1.70. The maximum absolute atomic E-state index is 5.89. The van der Waals surface area contributed by atoms with Crippen LogP contribution in [0.5, 0.6) is 0 Å². The van der Waals surface area contributed by atoms with E-state index in [9.17, 15) is 0 Å². The van der Waals surface area contributed by atoms with Crippen molar-refractivity contribution in [3.05, 3.63) is 35.1 Å². The van der Waals surface area contributed by atoms with Gasteiger partial charge < -0.3 is 11.1 Å². The molecule has 3 N–H and O–H groups in total. The summed E-state index contributed by atoms with van der Waals surface area (Å²) in [5, 5.41) is 3.82. The number of rotatable bonds is 4. The van der Waals surface area contributed by atoms with Crippen LogP contribution in [0.1, 0.15) is 25.6 Å². The minimum atomic E-state index is 0.233. The number of nitrogens with zero attached hydrogens (tertiary/aromatic N) is 4. The van der Waals surface area contributed by atoms with Crippen molar-refractivity contribution in [1.82, 2.24) is 19.9 Å². The lowest BCUT2D eigenvalue weighted by Crippen LogP contribution is -2.33. The van der Waals surface area contributed by atoms with Crippen molar-refractivity contribution in [3.8, 4) is 0 Å². The van der Waals surface area contributed by atoms with E-state index >= 15 is 0 Å². The predicted molar refractivity (Wildman–Crippen MR) is 92.6 cm³/mol. The molecule has 1 aliphatic heterocycles. The van der Waals surface area contributed by atoms with Gasteiger partial charge in [0.25, 0.3) is 0 Å². The van der Waals surface area contributed by atoms with Crippen LogP contribution in [0.15, 0.2) is 24.3 Å². The van der Waals surface area contributed by atoms with E-state index in [2.05, 4.69) is 32.1 Å². The topological polar surface area (TPSA) is 80.0 Å². The van der Waals surface area contributed by atoms with Crippen LogP contribution in [0.2, 0.25) is 5.02 Å². The number of nitrogens with one attached hydrogen (secondary N) is 1. The first kappa shape index (κ1) is 16.0. The highest BCUT2D eigenvalue weighted by Gasteiger charge is 2.17. The number of piperidine rings is 1. The van der Waals surface area contributed by atoms with Crippen molar-refractivity contribution in [3.63, 3.8) is 0 Å². The van der Waals surface area contributed by atoms with Gasteiger partial charge in [0.1, 0.15) is 5.82 Å². The van der Waals surface area contributed by atoms with Crippen LogP contribution in [0.3, 0.4) is 0 Å². The molecule has 7 heteroatoms. The van der Waals surface area contributed by atoms with Crippen LogP contribution in [-0.4, -0.2) is 32.9 Å². The van der Waals surface area contributed by atoms with E-state index in [1.807, 2.05) is 24.3 Å². The van der Waals surface area contributed by atoms with Gasteiger partial charge in [-0.05, 0) is 56.1 Å². The second kappa shape index (κ2) is 7.10. The highest BCUT2D eigenvalue weighted by molar-refractivity contribution is 6.30. The molecule has 0 amide bonds. The summed E-state index contributed by atoms with van der Waals surface area (Å²) < 4.78 is 0. The van der Waals surface area contributed by atoms with Crippen LogP contribution in [0, 0.1) is 5.92 Å². The Hall–Kier alpha value is -1.92. The number of hydrogen-bond donors (Lipinski definition) is 2. The van der Waals surface area contributed by atoms with Crippen molar-refractivity contribution in [2.75, 3.05) is 24.1 Å². The van der Waals surface area contributed by atoms with Crippen molar-refractivity contribution < 1.29 is 0 Å². The second-order valence-corrected chi connectivity index (χ2v) is 6.46. The monoisotopic (exact) mass is 332 g/mol. The van der Waals surface area contributed by atoms with Crippen LogP contribution >= 0.6 is 11.6 Å². The molecule has 23 heavy (non-hydrogen) atoms. The number of nitrogen functional groups attached to an aromatic ring is 1. The van der Waals surface area contributed by atoms with Crippen LogP contribution in [0.25, 0.3) is 0 Å². The zero-order valence-electron chi connectivity index (χ0n) is 13.2. The molecular formula is C16H21ClN6. The number of halogens is 1. The lowest BCUT2D eigenvalue weighted by Gasteiger charge is -2.29. The zero-order chi connectivity index (χ0) is 16.2. The average Bonchev–Trinajstić information content (AvgIpc) is 2.51. The lowest BCUT2D eigenvalue weighted by molar-refractivity contribution is 0.181. The van der Waals surface area contributed by atoms with Crippen molar-refractivity contribution in [2.45, 2.75) is 26.3 Å². The third kappa shape index (κ3) is 4.53. The molecule has 0 unspecified atom stereocenters. The molecule has 0 bridgehead atoms. The molecule has 0 atom stereocenters. The van der Waals surface area contributed by atoms with Gasteiger partial charge in [-0.25, -0.2) is 0 Å². The molecule has 2 heterocycles. The predicted octanol–water partition coefficient (Wildman–Crippen LogP) is 3.08. The quantitative estimate of drug-likeness (QED) is 0.895. The summed E-state index contributed by atoms with van der Waals surface area (Å²) in [4.78, 5) is 15.2. The van der Waals surface area contributed by atoms with Crippen molar-refractivity contribution in [2.24, 2.45) is 5.92 Å². The molecule has 1 aliphatic rings.